The molecule has 0 atom stereocenters. The standard InChI is InChI=1S/C20H22F2N2O2/c21-20(22)26-18-8-6-17(7-9-18)23-19(25)14-24-12-10-16(11-13-24)15-4-2-1-3-5-15/h1-9,16,20H,10-14H2,(H,23,25). The Morgan fingerprint density at radius 2 is 1.73 bits per heavy atom. The lowest BCUT2D eigenvalue weighted by molar-refractivity contribution is -0.117. The summed E-state index contributed by atoms with van der Waals surface area (Å²) in [6.07, 6.45) is 2.08. The van der Waals surface area contributed by atoms with Gasteiger partial charge in [0.2, 0.25) is 5.91 Å². The van der Waals surface area contributed by atoms with Crippen molar-refractivity contribution in [1.82, 2.24) is 4.90 Å². The van der Waals surface area contributed by atoms with E-state index in [1.54, 1.807) is 12.1 Å². The first kappa shape index (κ1) is 18.3. The number of hydrogen-bond donors (Lipinski definition) is 1. The second-order valence-electron chi connectivity index (χ2n) is 6.41. The first-order valence-electron chi connectivity index (χ1n) is 8.72. The average Bonchev–Trinajstić information content (AvgIpc) is 2.64. The van der Waals surface area contributed by atoms with Crippen LogP contribution in [0.1, 0.15) is 24.3 Å². The third kappa shape index (κ3) is 5.26. The molecule has 1 N–H and O–H groups in total. The maximum Gasteiger partial charge on any atom is 0.387 e. The molecular formula is C20H22F2N2O2. The normalized spacial score (nSPS) is 15.8. The lowest BCUT2D eigenvalue weighted by atomic mass is 9.89. The number of nitrogens with one attached hydrogen (secondary N) is 1. The predicted molar refractivity (Wildman–Crippen MR) is 96.6 cm³/mol. The van der Waals surface area contributed by atoms with Crippen molar-refractivity contribution in [2.75, 3.05) is 25.0 Å². The van der Waals surface area contributed by atoms with Crippen molar-refractivity contribution in [1.29, 1.82) is 0 Å². The first-order valence-corrected chi connectivity index (χ1v) is 8.72. The van der Waals surface area contributed by atoms with Crippen LogP contribution in [0.4, 0.5) is 14.5 Å². The van der Waals surface area contributed by atoms with Gasteiger partial charge < -0.3 is 10.1 Å². The van der Waals surface area contributed by atoms with E-state index in [1.807, 2.05) is 6.07 Å². The van der Waals surface area contributed by atoms with E-state index in [9.17, 15) is 13.6 Å². The third-order valence-corrected chi connectivity index (χ3v) is 4.59. The zero-order valence-electron chi connectivity index (χ0n) is 14.4. The molecule has 4 nitrogen and oxygen atoms in total. The van der Waals surface area contributed by atoms with Crippen molar-refractivity contribution in [3.63, 3.8) is 0 Å². The Kier molecular flexibility index (Phi) is 6.17. The zero-order valence-corrected chi connectivity index (χ0v) is 14.4. The van der Waals surface area contributed by atoms with Crippen molar-refractivity contribution in [2.24, 2.45) is 0 Å². The van der Waals surface area contributed by atoms with Gasteiger partial charge in [0, 0.05) is 5.69 Å². The van der Waals surface area contributed by atoms with E-state index in [0.717, 1.165) is 25.9 Å². The Labute approximate surface area is 151 Å². The van der Waals surface area contributed by atoms with Gasteiger partial charge in [-0.1, -0.05) is 30.3 Å². The fourth-order valence-corrected chi connectivity index (χ4v) is 3.27. The Morgan fingerprint density at radius 3 is 2.35 bits per heavy atom. The Balaban J connectivity index is 1.44. The summed E-state index contributed by atoms with van der Waals surface area (Å²) in [5.41, 5.74) is 1.93. The van der Waals surface area contributed by atoms with Crippen LogP contribution in [0.2, 0.25) is 0 Å². The summed E-state index contributed by atoms with van der Waals surface area (Å²) in [5.74, 6) is 0.518. The van der Waals surface area contributed by atoms with Gasteiger partial charge in [-0.25, -0.2) is 0 Å². The number of amides is 1. The number of likely N-dealkylation sites (tertiary alicyclic amines) is 1. The van der Waals surface area contributed by atoms with Gasteiger partial charge in [-0.3, -0.25) is 9.69 Å². The molecule has 0 spiro atoms. The molecule has 1 aliphatic heterocycles. The molecule has 6 heteroatoms. The summed E-state index contributed by atoms with van der Waals surface area (Å²) >= 11 is 0. The molecule has 1 saturated heterocycles. The summed E-state index contributed by atoms with van der Waals surface area (Å²) in [4.78, 5) is 14.3. The zero-order chi connectivity index (χ0) is 18.4. The summed E-state index contributed by atoms with van der Waals surface area (Å²) in [6.45, 7) is -0.756. The van der Waals surface area contributed by atoms with E-state index in [-0.39, 0.29) is 11.7 Å². The highest BCUT2D eigenvalue weighted by atomic mass is 19.3. The summed E-state index contributed by atoms with van der Waals surface area (Å²) in [7, 11) is 0. The van der Waals surface area contributed by atoms with Crippen LogP contribution in [-0.4, -0.2) is 37.1 Å². The van der Waals surface area contributed by atoms with Crippen LogP contribution in [0, 0.1) is 0 Å². The highest BCUT2D eigenvalue weighted by Gasteiger charge is 2.21. The van der Waals surface area contributed by atoms with E-state index in [4.69, 9.17) is 0 Å². The SMILES string of the molecule is O=C(CN1CCC(c2ccccc2)CC1)Nc1ccc(OC(F)F)cc1. The lowest BCUT2D eigenvalue weighted by Gasteiger charge is -2.31. The minimum absolute atomic E-state index is 0.0704. The predicted octanol–water partition coefficient (Wildman–Crippen LogP) is 4.11. The molecule has 3 rings (SSSR count). The Bertz CT molecular complexity index is 700. The minimum atomic E-state index is -2.85. The molecule has 0 bridgehead atoms. The van der Waals surface area contributed by atoms with Gasteiger partial charge in [-0.15, -0.1) is 0 Å². The minimum Gasteiger partial charge on any atom is -0.435 e. The number of benzene rings is 2. The fourth-order valence-electron chi connectivity index (χ4n) is 3.27. The van der Waals surface area contributed by atoms with Gasteiger partial charge in [0.1, 0.15) is 5.75 Å². The molecule has 1 heterocycles. The van der Waals surface area contributed by atoms with Gasteiger partial charge in [0.05, 0.1) is 6.54 Å². The van der Waals surface area contributed by atoms with Crippen LogP contribution in [0.5, 0.6) is 5.75 Å². The number of rotatable bonds is 6. The average molecular weight is 360 g/mol. The van der Waals surface area contributed by atoms with Crippen LogP contribution in [0.15, 0.2) is 54.6 Å². The topological polar surface area (TPSA) is 41.6 Å². The molecule has 0 aromatic heterocycles. The summed E-state index contributed by atoms with van der Waals surface area (Å²) in [6, 6.07) is 16.4. The largest absolute Gasteiger partial charge is 0.435 e. The van der Waals surface area contributed by atoms with E-state index >= 15 is 0 Å². The molecule has 1 amide bonds. The van der Waals surface area contributed by atoms with Gasteiger partial charge in [-0.2, -0.15) is 8.78 Å². The number of ether oxygens (including phenoxy) is 1. The number of halogens is 2. The van der Waals surface area contributed by atoms with Crippen LogP contribution < -0.4 is 10.1 Å². The molecule has 1 aliphatic rings. The fraction of sp³-hybridized carbons (Fsp3) is 0.350. The second kappa shape index (κ2) is 8.76. The smallest absolute Gasteiger partial charge is 0.387 e. The number of carbonyl (C=O) groups is 1. The van der Waals surface area contributed by atoms with Crippen molar-refractivity contribution < 1.29 is 18.3 Å². The second-order valence-corrected chi connectivity index (χ2v) is 6.41. The van der Waals surface area contributed by atoms with Gasteiger partial charge in [-0.05, 0) is 61.7 Å². The molecule has 0 radical (unpaired) electrons. The molecule has 26 heavy (non-hydrogen) atoms. The molecule has 1 fully saturated rings. The maximum absolute atomic E-state index is 12.2. The van der Waals surface area contributed by atoms with Crippen molar-refractivity contribution >= 4 is 11.6 Å². The van der Waals surface area contributed by atoms with Gasteiger partial charge in [0.25, 0.3) is 0 Å². The van der Waals surface area contributed by atoms with E-state index in [2.05, 4.69) is 39.2 Å². The van der Waals surface area contributed by atoms with Crippen LogP contribution in [0.3, 0.4) is 0 Å². The van der Waals surface area contributed by atoms with Gasteiger partial charge >= 0.3 is 6.61 Å². The van der Waals surface area contributed by atoms with Crippen molar-refractivity contribution in [2.45, 2.75) is 25.4 Å². The van der Waals surface area contributed by atoms with Crippen LogP contribution in [0.25, 0.3) is 0 Å². The van der Waals surface area contributed by atoms with Crippen LogP contribution in [-0.2, 0) is 4.79 Å². The number of hydrogen-bond acceptors (Lipinski definition) is 3. The molecule has 138 valence electrons. The number of alkyl halides is 2. The van der Waals surface area contributed by atoms with Gasteiger partial charge in [0.15, 0.2) is 0 Å². The molecule has 2 aromatic carbocycles. The maximum atomic E-state index is 12.2. The van der Waals surface area contributed by atoms with Crippen molar-refractivity contribution in [3.05, 3.63) is 60.2 Å². The number of anilines is 1. The van der Waals surface area contributed by atoms with E-state index in [1.165, 1.54) is 17.7 Å². The third-order valence-electron chi connectivity index (χ3n) is 4.59. The molecular weight excluding hydrogens is 338 g/mol. The number of carbonyl (C=O) groups excluding carboxylic acids is 1. The highest BCUT2D eigenvalue weighted by molar-refractivity contribution is 5.92. The van der Waals surface area contributed by atoms with Crippen molar-refractivity contribution in [3.8, 4) is 5.75 Å². The summed E-state index contributed by atoms with van der Waals surface area (Å²) < 4.78 is 28.5. The Morgan fingerprint density at radius 1 is 1.08 bits per heavy atom. The summed E-state index contributed by atoms with van der Waals surface area (Å²) in [5, 5.41) is 2.79. The lowest BCUT2D eigenvalue weighted by Crippen LogP contribution is -2.38. The molecule has 0 aliphatic carbocycles. The van der Waals surface area contributed by atoms with Crippen LogP contribution >= 0.6 is 0 Å². The number of piperidine rings is 1. The number of nitrogens with zero attached hydrogens (tertiary/aromatic N) is 1. The molecule has 2 aromatic rings. The molecule has 0 saturated carbocycles. The van der Waals surface area contributed by atoms with E-state index in [0.29, 0.717) is 18.2 Å². The Hall–Kier alpha value is -2.47. The first-order chi connectivity index (χ1) is 12.6. The van der Waals surface area contributed by atoms with E-state index < -0.39 is 6.61 Å². The quantitative estimate of drug-likeness (QED) is 0.843. The monoisotopic (exact) mass is 360 g/mol. The highest BCUT2D eigenvalue weighted by Crippen LogP contribution is 2.27. The molecule has 0 unspecified atom stereocenters.